The second-order valence-electron chi connectivity index (χ2n) is 12.5. The highest BCUT2D eigenvalue weighted by Gasteiger charge is 2.38. The van der Waals surface area contributed by atoms with Crippen LogP contribution >= 0.6 is 23.1 Å². The summed E-state index contributed by atoms with van der Waals surface area (Å²) in [5, 5.41) is 15.5. The number of aromatic nitrogens is 3. The van der Waals surface area contributed by atoms with Crippen LogP contribution in [0.25, 0.3) is 21.5 Å². The van der Waals surface area contributed by atoms with Crippen LogP contribution in [0.15, 0.2) is 53.6 Å². The number of likely N-dealkylation sites (tertiary alicyclic amines) is 1. The molecule has 3 heterocycles. The average Bonchev–Trinajstić information content (AvgIpc) is 3.61. The van der Waals surface area contributed by atoms with Crippen molar-refractivity contribution in [3.05, 3.63) is 80.9 Å². The van der Waals surface area contributed by atoms with Gasteiger partial charge in [-0.15, -0.1) is 0 Å². The Morgan fingerprint density at radius 1 is 1.16 bits per heavy atom. The predicted octanol–water partition coefficient (Wildman–Crippen LogP) is 4.80. The number of likely N-dealkylation sites (N-methyl/N-ethyl adjacent to an activating group) is 1. The van der Waals surface area contributed by atoms with Gasteiger partial charge in [-0.25, -0.2) is 4.98 Å². The van der Waals surface area contributed by atoms with E-state index in [2.05, 4.69) is 32.9 Å². The Balaban J connectivity index is 1.04. The molecule has 1 amide bonds. The number of hydrogen-bond donors (Lipinski definition) is 2. The van der Waals surface area contributed by atoms with E-state index in [4.69, 9.17) is 11.6 Å². The zero-order valence-electron chi connectivity index (χ0n) is 24.3. The Morgan fingerprint density at radius 2 is 1.93 bits per heavy atom. The van der Waals surface area contributed by atoms with E-state index >= 15 is 0 Å². The number of halogens is 1. The summed E-state index contributed by atoms with van der Waals surface area (Å²) in [6.07, 6.45) is 7.01. The molecule has 2 aliphatic carbocycles. The number of benzene rings is 2. The fourth-order valence-corrected chi connectivity index (χ4v) is 8.03. The molecule has 2 aromatic heterocycles. The van der Waals surface area contributed by atoms with Crippen molar-refractivity contribution in [3.63, 3.8) is 0 Å². The van der Waals surface area contributed by atoms with Crippen molar-refractivity contribution in [1.82, 2.24) is 24.1 Å². The summed E-state index contributed by atoms with van der Waals surface area (Å²) in [6, 6.07) is 14.8. The van der Waals surface area contributed by atoms with E-state index in [9.17, 15) is 14.7 Å². The van der Waals surface area contributed by atoms with Gasteiger partial charge in [0, 0.05) is 30.6 Å². The Kier molecular flexibility index (Phi) is 7.62. The lowest BCUT2D eigenvalue weighted by atomic mass is 9.88. The monoisotopic (exact) mass is 617 g/mol. The van der Waals surface area contributed by atoms with Crippen LogP contribution in [0.3, 0.4) is 0 Å². The lowest BCUT2D eigenvalue weighted by Gasteiger charge is -2.38. The van der Waals surface area contributed by atoms with E-state index in [1.165, 1.54) is 52.0 Å². The minimum atomic E-state index is -1.10. The highest BCUT2D eigenvalue weighted by atomic mass is 35.5. The van der Waals surface area contributed by atoms with E-state index in [1.807, 2.05) is 36.2 Å². The highest BCUT2D eigenvalue weighted by molar-refractivity contribution is 7.11. The van der Waals surface area contributed by atoms with Crippen LogP contribution < -0.4 is 10.9 Å². The van der Waals surface area contributed by atoms with Crippen molar-refractivity contribution < 1.29 is 9.90 Å². The first kappa shape index (κ1) is 28.6. The number of aliphatic hydroxyl groups is 1. The van der Waals surface area contributed by atoms with E-state index in [1.54, 1.807) is 0 Å². The number of hydrogen-bond acceptors (Lipinski definition) is 7. The number of rotatable bonds is 8. The second-order valence-corrected chi connectivity index (χ2v) is 13.7. The van der Waals surface area contributed by atoms with E-state index in [0.717, 1.165) is 28.3 Å². The van der Waals surface area contributed by atoms with Gasteiger partial charge < -0.3 is 15.3 Å². The Labute approximate surface area is 259 Å². The van der Waals surface area contributed by atoms with Crippen molar-refractivity contribution in [2.45, 2.75) is 69.1 Å². The maximum atomic E-state index is 13.5. The minimum Gasteiger partial charge on any atom is -0.388 e. The minimum absolute atomic E-state index is 0.120. The molecule has 2 unspecified atom stereocenters. The summed E-state index contributed by atoms with van der Waals surface area (Å²) in [4.78, 5) is 34.1. The molecule has 2 atom stereocenters. The summed E-state index contributed by atoms with van der Waals surface area (Å²) in [5.41, 5.74) is 4.04. The second kappa shape index (κ2) is 11.4. The molecule has 1 aliphatic heterocycles. The molecule has 1 saturated carbocycles. The first-order valence-electron chi connectivity index (χ1n) is 15.2. The van der Waals surface area contributed by atoms with Crippen molar-refractivity contribution in [1.29, 1.82) is 0 Å². The van der Waals surface area contributed by atoms with Crippen LogP contribution in [0.5, 0.6) is 0 Å². The molecule has 8 nitrogen and oxygen atoms in total. The molecule has 0 radical (unpaired) electrons. The molecule has 0 bridgehead atoms. The quantitative estimate of drug-likeness (QED) is 0.295. The third-order valence-corrected chi connectivity index (χ3v) is 10.9. The molecule has 2 N–H and O–H groups in total. The van der Waals surface area contributed by atoms with Crippen LogP contribution in [-0.4, -0.2) is 61.6 Å². The number of piperidine rings is 1. The molecule has 3 aliphatic rings. The number of carbonyl (C=O) groups is 1. The molecule has 10 heteroatoms. The fraction of sp³-hybridized carbons (Fsp3) is 0.455. The van der Waals surface area contributed by atoms with Gasteiger partial charge in [-0.1, -0.05) is 41.9 Å². The van der Waals surface area contributed by atoms with Gasteiger partial charge in [-0.2, -0.15) is 4.37 Å². The van der Waals surface area contributed by atoms with Crippen LogP contribution in [0.1, 0.15) is 54.7 Å². The SMILES string of the molecule is CNC1Cc2cc(-c3snc4c(=O)n(CC5(O)CCN(C(=O)CC(c6ccccc6)C6CC6)CC5)cnc34)cc(Cl)c2C1. The standard InChI is InChI=1S/C33H36ClN5O3S/c1-35-24-14-22-13-23(15-27(34)26(22)16-24)31-29-30(37-43-31)32(41)39(19-36-29)18-33(42)9-11-38(12-10-33)28(40)17-25(21-7-8-21)20-5-3-2-4-6-20/h2-6,13,15,19,21,24-25,35,42H,7-12,14,16-18H2,1H3. The zero-order chi connectivity index (χ0) is 29.7. The van der Waals surface area contributed by atoms with Crippen molar-refractivity contribution >= 4 is 40.1 Å². The molecule has 4 aromatic rings. The molecule has 224 valence electrons. The Bertz CT molecular complexity index is 1730. The number of amides is 1. The average molecular weight is 618 g/mol. The van der Waals surface area contributed by atoms with Gasteiger partial charge in [0.1, 0.15) is 5.52 Å². The molecular formula is C33H36ClN5O3S. The summed E-state index contributed by atoms with van der Waals surface area (Å²) in [6.45, 7) is 1.06. The third kappa shape index (κ3) is 5.64. The molecule has 1 saturated heterocycles. The highest BCUT2D eigenvalue weighted by Crippen LogP contribution is 2.45. The molecule has 2 aromatic carbocycles. The molecule has 2 fully saturated rings. The van der Waals surface area contributed by atoms with Crippen molar-refractivity contribution in [2.24, 2.45) is 5.92 Å². The van der Waals surface area contributed by atoms with Gasteiger partial charge in [0.25, 0.3) is 5.56 Å². The topological polar surface area (TPSA) is 100 Å². The smallest absolute Gasteiger partial charge is 0.281 e. The third-order valence-electron chi connectivity index (χ3n) is 9.66. The Hall–Kier alpha value is -3.11. The normalized spacial score (nSPS) is 20.3. The van der Waals surface area contributed by atoms with E-state index < -0.39 is 5.60 Å². The van der Waals surface area contributed by atoms with Crippen LogP contribution in [0.2, 0.25) is 5.02 Å². The van der Waals surface area contributed by atoms with Gasteiger partial charge in [-0.05, 0) is 103 Å². The lowest BCUT2D eigenvalue weighted by molar-refractivity contribution is -0.136. The first-order valence-corrected chi connectivity index (χ1v) is 16.4. The summed E-state index contributed by atoms with van der Waals surface area (Å²) in [5.74, 6) is 0.983. The summed E-state index contributed by atoms with van der Waals surface area (Å²) < 4.78 is 5.96. The molecule has 7 rings (SSSR count). The molecule has 43 heavy (non-hydrogen) atoms. The summed E-state index contributed by atoms with van der Waals surface area (Å²) >= 11 is 7.91. The van der Waals surface area contributed by atoms with Crippen LogP contribution in [0.4, 0.5) is 0 Å². The maximum absolute atomic E-state index is 13.5. The molecule has 0 spiro atoms. The maximum Gasteiger partial charge on any atom is 0.281 e. The van der Waals surface area contributed by atoms with Gasteiger partial charge >= 0.3 is 0 Å². The predicted molar refractivity (Wildman–Crippen MR) is 170 cm³/mol. The number of carbonyl (C=O) groups excluding carboxylic acids is 1. The Morgan fingerprint density at radius 3 is 2.65 bits per heavy atom. The number of nitrogens with one attached hydrogen (secondary N) is 1. The zero-order valence-corrected chi connectivity index (χ0v) is 25.8. The van der Waals surface area contributed by atoms with E-state index in [-0.39, 0.29) is 23.9 Å². The van der Waals surface area contributed by atoms with Crippen molar-refractivity contribution in [3.8, 4) is 10.4 Å². The molecular weight excluding hydrogens is 582 g/mol. The van der Waals surface area contributed by atoms with E-state index in [0.29, 0.717) is 55.3 Å². The summed E-state index contributed by atoms with van der Waals surface area (Å²) in [7, 11) is 1.97. The fourth-order valence-electron chi connectivity index (χ4n) is 6.91. The van der Waals surface area contributed by atoms with Gasteiger partial charge in [0.05, 0.1) is 23.4 Å². The van der Waals surface area contributed by atoms with Gasteiger partial charge in [0.2, 0.25) is 5.91 Å². The number of fused-ring (bicyclic) bond motifs is 2. The largest absolute Gasteiger partial charge is 0.388 e. The lowest BCUT2D eigenvalue weighted by Crippen LogP contribution is -2.49. The number of nitrogens with zero attached hydrogens (tertiary/aromatic N) is 4. The van der Waals surface area contributed by atoms with Crippen LogP contribution in [0, 0.1) is 5.92 Å². The van der Waals surface area contributed by atoms with Gasteiger partial charge in [0.15, 0.2) is 5.52 Å². The van der Waals surface area contributed by atoms with Gasteiger partial charge in [-0.3, -0.25) is 14.2 Å². The van der Waals surface area contributed by atoms with Crippen molar-refractivity contribution in [2.75, 3.05) is 20.1 Å². The first-order chi connectivity index (χ1) is 20.8. The van der Waals surface area contributed by atoms with Crippen LogP contribution in [-0.2, 0) is 24.2 Å².